The number of rotatable bonds is 2. The minimum Gasteiger partial charge on any atom is -0.457 e. The lowest BCUT2D eigenvalue weighted by Gasteiger charge is -2.28. The number of para-hydroxylation sites is 2. The van der Waals surface area contributed by atoms with E-state index in [9.17, 15) is 0 Å². The molecule has 0 fully saturated rings. The lowest BCUT2D eigenvalue weighted by Crippen LogP contribution is -2.25. The van der Waals surface area contributed by atoms with Crippen molar-refractivity contribution >= 4 is 0 Å². The Morgan fingerprint density at radius 1 is 1.00 bits per heavy atom. The van der Waals surface area contributed by atoms with Crippen molar-refractivity contribution in [2.24, 2.45) is 0 Å². The molecule has 0 aliphatic carbocycles. The highest BCUT2D eigenvalue weighted by atomic mass is 16.5. The summed E-state index contributed by atoms with van der Waals surface area (Å²) in [6.07, 6.45) is 5.34. The zero-order valence-electron chi connectivity index (χ0n) is 9.89. The van der Waals surface area contributed by atoms with E-state index in [2.05, 4.69) is 23.4 Å². The first kappa shape index (κ1) is 10.9. The molecule has 0 radical (unpaired) electrons. The Bertz CT molecular complexity index is 567. The number of hydrogen-bond donors (Lipinski definition) is 1. The highest BCUT2D eigenvalue weighted by molar-refractivity contribution is 5.52. The quantitative estimate of drug-likeness (QED) is 0.807. The van der Waals surface area contributed by atoms with Gasteiger partial charge in [-0.2, -0.15) is 0 Å². The van der Waals surface area contributed by atoms with Gasteiger partial charge in [0.25, 0.3) is 0 Å². The summed E-state index contributed by atoms with van der Waals surface area (Å²) in [5, 5.41) is 3.37. The van der Waals surface area contributed by atoms with E-state index >= 15 is 0 Å². The second-order valence-corrected chi connectivity index (χ2v) is 4.20. The van der Waals surface area contributed by atoms with Gasteiger partial charge < -0.3 is 4.74 Å². The molecule has 3 rings (SSSR count). The number of terminal acetylenes is 1. The smallest absolute Gasteiger partial charge is 0.132 e. The van der Waals surface area contributed by atoms with E-state index in [-0.39, 0.29) is 6.04 Å². The highest BCUT2D eigenvalue weighted by Gasteiger charge is 2.25. The number of nitrogens with one attached hydrogen (secondary N) is 1. The van der Waals surface area contributed by atoms with Gasteiger partial charge in [-0.25, -0.2) is 0 Å². The van der Waals surface area contributed by atoms with Gasteiger partial charge in [0.15, 0.2) is 0 Å². The van der Waals surface area contributed by atoms with Crippen LogP contribution < -0.4 is 10.1 Å². The van der Waals surface area contributed by atoms with Gasteiger partial charge in [0.2, 0.25) is 0 Å². The molecule has 0 bridgehead atoms. The molecule has 0 atom stereocenters. The average Bonchev–Trinajstić information content (AvgIpc) is 2.43. The van der Waals surface area contributed by atoms with Crippen LogP contribution >= 0.6 is 0 Å². The molecular formula is C16H13NO. The van der Waals surface area contributed by atoms with Crippen molar-refractivity contribution in [2.75, 3.05) is 6.54 Å². The highest BCUT2D eigenvalue weighted by Crippen LogP contribution is 2.42. The van der Waals surface area contributed by atoms with Crippen molar-refractivity contribution in [3.63, 3.8) is 0 Å². The average molecular weight is 235 g/mol. The molecule has 0 aromatic heterocycles. The summed E-state index contributed by atoms with van der Waals surface area (Å²) >= 11 is 0. The van der Waals surface area contributed by atoms with Crippen molar-refractivity contribution < 1.29 is 4.74 Å². The zero-order chi connectivity index (χ0) is 12.4. The summed E-state index contributed by atoms with van der Waals surface area (Å²) in [6, 6.07) is 16.2. The molecule has 0 saturated carbocycles. The SMILES string of the molecule is C#CCNC1c2ccccc2Oc2ccccc21. The first-order chi connectivity index (χ1) is 8.90. The maximum Gasteiger partial charge on any atom is 0.132 e. The van der Waals surface area contributed by atoms with Crippen LogP contribution in [0.2, 0.25) is 0 Å². The van der Waals surface area contributed by atoms with E-state index in [1.165, 1.54) is 0 Å². The molecule has 1 heterocycles. The Labute approximate surface area is 107 Å². The van der Waals surface area contributed by atoms with Crippen LogP contribution in [0.25, 0.3) is 0 Å². The van der Waals surface area contributed by atoms with E-state index in [0.29, 0.717) is 6.54 Å². The third-order valence-corrected chi connectivity index (χ3v) is 3.09. The summed E-state index contributed by atoms with van der Waals surface area (Å²) in [4.78, 5) is 0. The van der Waals surface area contributed by atoms with E-state index in [1.54, 1.807) is 0 Å². The fraction of sp³-hybridized carbons (Fsp3) is 0.125. The van der Waals surface area contributed by atoms with Crippen molar-refractivity contribution in [3.05, 3.63) is 59.7 Å². The van der Waals surface area contributed by atoms with Crippen molar-refractivity contribution in [3.8, 4) is 23.8 Å². The molecule has 2 nitrogen and oxygen atoms in total. The molecule has 18 heavy (non-hydrogen) atoms. The third-order valence-electron chi connectivity index (χ3n) is 3.09. The van der Waals surface area contributed by atoms with Gasteiger partial charge in [-0.15, -0.1) is 6.42 Å². The van der Waals surface area contributed by atoms with Crippen LogP contribution in [0.3, 0.4) is 0 Å². The molecule has 2 aromatic rings. The molecular weight excluding hydrogens is 222 g/mol. The van der Waals surface area contributed by atoms with E-state index in [1.807, 2.05) is 36.4 Å². The molecule has 0 spiro atoms. The Hall–Kier alpha value is -2.24. The molecule has 0 unspecified atom stereocenters. The topological polar surface area (TPSA) is 21.3 Å². The summed E-state index contributed by atoms with van der Waals surface area (Å²) in [5.41, 5.74) is 2.26. The lowest BCUT2D eigenvalue weighted by molar-refractivity contribution is 0.433. The predicted octanol–water partition coefficient (Wildman–Crippen LogP) is 3.10. The fourth-order valence-electron chi connectivity index (χ4n) is 2.29. The van der Waals surface area contributed by atoms with Crippen LogP contribution in [0.1, 0.15) is 17.2 Å². The monoisotopic (exact) mass is 235 g/mol. The van der Waals surface area contributed by atoms with Gasteiger partial charge in [-0.3, -0.25) is 5.32 Å². The minimum absolute atomic E-state index is 0.0993. The maximum absolute atomic E-state index is 5.90. The summed E-state index contributed by atoms with van der Waals surface area (Å²) in [6.45, 7) is 0.535. The van der Waals surface area contributed by atoms with Crippen LogP contribution in [-0.4, -0.2) is 6.54 Å². The molecule has 88 valence electrons. The van der Waals surface area contributed by atoms with E-state index < -0.39 is 0 Å². The van der Waals surface area contributed by atoms with Gasteiger partial charge in [-0.05, 0) is 12.1 Å². The predicted molar refractivity (Wildman–Crippen MR) is 71.6 cm³/mol. The van der Waals surface area contributed by atoms with Crippen LogP contribution in [0.15, 0.2) is 48.5 Å². The standard InChI is InChI=1S/C16H13NO/c1-2-11-17-16-12-7-3-5-9-14(12)18-15-10-6-4-8-13(15)16/h1,3-10,16-17H,11H2. The molecule has 1 aliphatic heterocycles. The second kappa shape index (κ2) is 4.56. The Morgan fingerprint density at radius 3 is 2.11 bits per heavy atom. The van der Waals surface area contributed by atoms with Crippen LogP contribution in [0.4, 0.5) is 0 Å². The van der Waals surface area contributed by atoms with Crippen LogP contribution in [0, 0.1) is 12.3 Å². The molecule has 0 saturated heterocycles. The van der Waals surface area contributed by atoms with E-state index in [4.69, 9.17) is 11.2 Å². The number of fused-ring (bicyclic) bond motifs is 2. The van der Waals surface area contributed by atoms with Gasteiger partial charge in [-0.1, -0.05) is 42.3 Å². The molecule has 1 aliphatic rings. The Morgan fingerprint density at radius 2 is 1.56 bits per heavy atom. The normalized spacial score (nSPS) is 13.1. The van der Waals surface area contributed by atoms with Gasteiger partial charge in [0, 0.05) is 11.1 Å². The maximum atomic E-state index is 5.90. The summed E-state index contributed by atoms with van der Waals surface area (Å²) < 4.78 is 5.90. The van der Waals surface area contributed by atoms with Gasteiger partial charge in [0.1, 0.15) is 11.5 Å². The summed E-state index contributed by atoms with van der Waals surface area (Å²) in [5.74, 6) is 4.41. The molecule has 2 heteroatoms. The van der Waals surface area contributed by atoms with Crippen molar-refractivity contribution in [1.82, 2.24) is 5.32 Å². The lowest BCUT2D eigenvalue weighted by atomic mass is 9.94. The first-order valence-electron chi connectivity index (χ1n) is 5.92. The van der Waals surface area contributed by atoms with E-state index in [0.717, 1.165) is 22.6 Å². The van der Waals surface area contributed by atoms with Crippen LogP contribution in [-0.2, 0) is 0 Å². The number of benzene rings is 2. The van der Waals surface area contributed by atoms with Crippen molar-refractivity contribution in [2.45, 2.75) is 6.04 Å². The number of hydrogen-bond acceptors (Lipinski definition) is 2. The van der Waals surface area contributed by atoms with Crippen LogP contribution in [0.5, 0.6) is 11.5 Å². The Balaban J connectivity index is 2.09. The minimum atomic E-state index is 0.0993. The largest absolute Gasteiger partial charge is 0.457 e. The number of ether oxygens (including phenoxy) is 1. The molecule has 0 amide bonds. The van der Waals surface area contributed by atoms with Gasteiger partial charge in [0.05, 0.1) is 12.6 Å². The fourth-order valence-corrected chi connectivity index (χ4v) is 2.29. The molecule has 2 aromatic carbocycles. The third kappa shape index (κ3) is 1.75. The molecule has 1 N–H and O–H groups in total. The van der Waals surface area contributed by atoms with Gasteiger partial charge >= 0.3 is 0 Å². The van der Waals surface area contributed by atoms with Crippen molar-refractivity contribution in [1.29, 1.82) is 0 Å². The first-order valence-corrected chi connectivity index (χ1v) is 5.92. The zero-order valence-corrected chi connectivity index (χ0v) is 9.89. The second-order valence-electron chi connectivity index (χ2n) is 4.20. The Kier molecular flexibility index (Phi) is 2.76. The summed E-state index contributed by atoms with van der Waals surface area (Å²) in [7, 11) is 0.